The van der Waals surface area contributed by atoms with E-state index in [0.717, 1.165) is 11.8 Å². The third-order valence-electron chi connectivity index (χ3n) is 2.42. The van der Waals surface area contributed by atoms with E-state index in [1.54, 1.807) is 31.2 Å². The van der Waals surface area contributed by atoms with Gasteiger partial charge in [0.1, 0.15) is 0 Å². The largest absolute Gasteiger partial charge is 0.338 e. The predicted molar refractivity (Wildman–Crippen MR) is 82.1 cm³/mol. The molecule has 116 valence electrons. The Kier molecular flexibility index (Phi) is 5.73. The number of urea groups is 1. The molecular weight excluding hydrogens is 328 g/mol. The van der Waals surface area contributed by atoms with Gasteiger partial charge in [0.15, 0.2) is 0 Å². The Morgan fingerprint density at radius 2 is 2.23 bits per heavy atom. The van der Waals surface area contributed by atoms with Crippen LogP contribution in [0.25, 0.3) is 5.69 Å². The van der Waals surface area contributed by atoms with E-state index in [4.69, 9.17) is 11.6 Å². The van der Waals surface area contributed by atoms with E-state index in [1.807, 2.05) is 0 Å². The number of rotatable bonds is 5. The summed E-state index contributed by atoms with van der Waals surface area (Å²) in [5.41, 5.74) is 0.684. The van der Waals surface area contributed by atoms with Gasteiger partial charge in [-0.3, -0.25) is 10.1 Å². The Balaban J connectivity index is 1.99. The molecule has 22 heavy (non-hydrogen) atoms. The molecule has 2 rings (SSSR count). The number of imide groups is 1. The SMILES string of the molecule is CCNC(=O)NC(=O)CSc1nnnn1-c1cccc(Cl)c1. The molecule has 0 saturated heterocycles. The molecule has 0 aliphatic rings. The third-order valence-corrected chi connectivity index (χ3v) is 3.57. The molecule has 8 nitrogen and oxygen atoms in total. The molecule has 3 amide bonds. The first-order valence-corrected chi connectivity index (χ1v) is 7.71. The van der Waals surface area contributed by atoms with Crippen LogP contribution in [0.2, 0.25) is 5.02 Å². The summed E-state index contributed by atoms with van der Waals surface area (Å²) in [7, 11) is 0. The van der Waals surface area contributed by atoms with E-state index in [0.29, 0.717) is 22.4 Å². The maximum absolute atomic E-state index is 11.6. The van der Waals surface area contributed by atoms with E-state index in [1.165, 1.54) is 4.68 Å². The van der Waals surface area contributed by atoms with Crippen LogP contribution in [0.1, 0.15) is 6.92 Å². The molecular formula is C12H13ClN6O2S. The first-order valence-electron chi connectivity index (χ1n) is 6.35. The van der Waals surface area contributed by atoms with Crippen LogP contribution in [0.4, 0.5) is 4.79 Å². The van der Waals surface area contributed by atoms with Crippen molar-refractivity contribution in [2.45, 2.75) is 12.1 Å². The number of carbonyl (C=O) groups is 2. The zero-order valence-corrected chi connectivity index (χ0v) is 13.2. The normalized spacial score (nSPS) is 10.3. The molecule has 0 aliphatic heterocycles. The van der Waals surface area contributed by atoms with Crippen molar-refractivity contribution in [3.8, 4) is 5.69 Å². The van der Waals surface area contributed by atoms with Crippen molar-refractivity contribution in [1.29, 1.82) is 0 Å². The molecule has 1 aromatic carbocycles. The summed E-state index contributed by atoms with van der Waals surface area (Å²) in [5, 5.41) is 16.9. The van der Waals surface area contributed by atoms with Crippen molar-refractivity contribution in [3.63, 3.8) is 0 Å². The number of aromatic nitrogens is 4. The van der Waals surface area contributed by atoms with Crippen LogP contribution in [0.3, 0.4) is 0 Å². The smallest absolute Gasteiger partial charge is 0.321 e. The minimum Gasteiger partial charge on any atom is -0.338 e. The highest BCUT2D eigenvalue weighted by Gasteiger charge is 2.13. The van der Waals surface area contributed by atoms with Crippen molar-refractivity contribution >= 4 is 35.3 Å². The van der Waals surface area contributed by atoms with Gasteiger partial charge in [0.25, 0.3) is 0 Å². The summed E-state index contributed by atoms with van der Waals surface area (Å²) in [6, 6.07) is 6.48. The zero-order valence-electron chi connectivity index (χ0n) is 11.6. The number of halogens is 1. The third kappa shape index (κ3) is 4.43. The molecule has 0 spiro atoms. The predicted octanol–water partition coefficient (Wildman–Crippen LogP) is 1.25. The maximum Gasteiger partial charge on any atom is 0.321 e. The average molecular weight is 341 g/mol. The highest BCUT2D eigenvalue weighted by Crippen LogP contribution is 2.20. The monoisotopic (exact) mass is 340 g/mol. The fourth-order valence-corrected chi connectivity index (χ4v) is 2.41. The molecule has 2 aromatic rings. The van der Waals surface area contributed by atoms with Crippen LogP contribution >= 0.6 is 23.4 Å². The highest BCUT2D eigenvalue weighted by atomic mass is 35.5. The summed E-state index contributed by atoms with van der Waals surface area (Å²) in [6.07, 6.45) is 0. The fraction of sp³-hybridized carbons (Fsp3) is 0.250. The van der Waals surface area contributed by atoms with E-state index in [-0.39, 0.29) is 5.75 Å². The number of benzene rings is 1. The van der Waals surface area contributed by atoms with Crippen LogP contribution in [0.15, 0.2) is 29.4 Å². The lowest BCUT2D eigenvalue weighted by molar-refractivity contribution is -0.117. The Bertz CT molecular complexity index is 677. The van der Waals surface area contributed by atoms with E-state index >= 15 is 0 Å². The molecule has 0 atom stereocenters. The summed E-state index contributed by atoms with van der Waals surface area (Å²) >= 11 is 7.05. The molecule has 1 aromatic heterocycles. The van der Waals surface area contributed by atoms with Gasteiger partial charge in [-0.1, -0.05) is 29.4 Å². The minimum atomic E-state index is -0.525. The Hall–Kier alpha value is -2.13. The topological polar surface area (TPSA) is 102 Å². The van der Waals surface area contributed by atoms with Crippen LogP contribution < -0.4 is 10.6 Å². The molecule has 0 bridgehead atoms. The Labute approximate surface area is 135 Å². The number of hydrogen-bond acceptors (Lipinski definition) is 6. The van der Waals surface area contributed by atoms with Crippen molar-refractivity contribution in [2.75, 3.05) is 12.3 Å². The first-order chi connectivity index (χ1) is 10.6. The van der Waals surface area contributed by atoms with E-state index in [2.05, 4.69) is 26.2 Å². The second kappa shape index (κ2) is 7.76. The number of carbonyl (C=O) groups excluding carboxylic acids is 2. The average Bonchev–Trinajstić information content (AvgIpc) is 2.93. The van der Waals surface area contributed by atoms with Crippen molar-refractivity contribution in [2.24, 2.45) is 0 Å². The van der Waals surface area contributed by atoms with Crippen LogP contribution in [0.5, 0.6) is 0 Å². The Morgan fingerprint density at radius 1 is 1.41 bits per heavy atom. The van der Waals surface area contributed by atoms with Gasteiger partial charge in [0.2, 0.25) is 11.1 Å². The van der Waals surface area contributed by atoms with Crippen LogP contribution in [0, 0.1) is 0 Å². The van der Waals surface area contributed by atoms with E-state index in [9.17, 15) is 9.59 Å². The minimum absolute atomic E-state index is 0.0120. The lowest BCUT2D eigenvalue weighted by atomic mass is 10.3. The molecule has 0 radical (unpaired) electrons. The Morgan fingerprint density at radius 3 is 2.95 bits per heavy atom. The maximum atomic E-state index is 11.6. The number of nitrogens with zero attached hydrogens (tertiary/aromatic N) is 4. The molecule has 1 heterocycles. The second-order valence-corrected chi connectivity index (χ2v) is 5.43. The van der Waals surface area contributed by atoms with Crippen molar-refractivity contribution in [3.05, 3.63) is 29.3 Å². The summed E-state index contributed by atoms with van der Waals surface area (Å²) < 4.78 is 1.47. The standard InChI is InChI=1S/C12H13ClN6O2S/c1-2-14-11(21)15-10(20)7-22-12-16-17-18-19(12)9-5-3-4-8(13)6-9/h3-6H,2,7H2,1H3,(H2,14,15,20,21). The molecule has 0 aliphatic carbocycles. The highest BCUT2D eigenvalue weighted by molar-refractivity contribution is 7.99. The number of hydrogen-bond donors (Lipinski definition) is 2. The summed E-state index contributed by atoms with van der Waals surface area (Å²) in [6.45, 7) is 2.21. The lowest BCUT2D eigenvalue weighted by Gasteiger charge is -2.05. The zero-order chi connectivity index (χ0) is 15.9. The molecule has 2 N–H and O–H groups in total. The van der Waals surface area contributed by atoms with Crippen LogP contribution in [-0.2, 0) is 4.79 Å². The van der Waals surface area contributed by atoms with Gasteiger partial charge in [-0.15, -0.1) is 5.10 Å². The fourth-order valence-electron chi connectivity index (χ4n) is 1.54. The van der Waals surface area contributed by atoms with Gasteiger partial charge in [-0.2, -0.15) is 4.68 Å². The molecule has 0 saturated carbocycles. The van der Waals surface area contributed by atoms with Gasteiger partial charge in [-0.25, -0.2) is 4.79 Å². The lowest BCUT2D eigenvalue weighted by Crippen LogP contribution is -2.40. The number of nitrogens with one attached hydrogen (secondary N) is 2. The van der Waals surface area contributed by atoms with E-state index < -0.39 is 11.9 Å². The number of amides is 3. The first kappa shape index (κ1) is 16.2. The van der Waals surface area contributed by atoms with Crippen LogP contribution in [-0.4, -0.2) is 44.4 Å². The van der Waals surface area contributed by atoms with Gasteiger partial charge < -0.3 is 5.32 Å². The van der Waals surface area contributed by atoms with Gasteiger partial charge in [0, 0.05) is 11.6 Å². The quantitative estimate of drug-likeness (QED) is 0.794. The van der Waals surface area contributed by atoms with Gasteiger partial charge in [-0.05, 0) is 35.5 Å². The summed E-state index contributed by atoms with van der Waals surface area (Å²) in [5.74, 6) is -0.422. The molecule has 0 unspecified atom stereocenters. The summed E-state index contributed by atoms with van der Waals surface area (Å²) in [4.78, 5) is 22.9. The molecule has 0 fully saturated rings. The van der Waals surface area contributed by atoms with Crippen molar-refractivity contribution in [1.82, 2.24) is 30.8 Å². The molecule has 10 heteroatoms. The van der Waals surface area contributed by atoms with Gasteiger partial charge >= 0.3 is 6.03 Å². The van der Waals surface area contributed by atoms with Crippen molar-refractivity contribution < 1.29 is 9.59 Å². The van der Waals surface area contributed by atoms with Gasteiger partial charge in [0.05, 0.1) is 11.4 Å². The number of tetrazole rings is 1. The number of thioether (sulfide) groups is 1. The second-order valence-electron chi connectivity index (χ2n) is 4.05.